The minimum absolute atomic E-state index is 0.104. The molecule has 0 heterocycles. The van der Waals surface area contributed by atoms with Crippen molar-refractivity contribution >= 4 is 21.8 Å². The lowest BCUT2D eigenvalue weighted by atomic mass is 9.94. The molecule has 3 N–H and O–H groups in total. The van der Waals surface area contributed by atoms with Crippen LogP contribution in [-0.4, -0.2) is 18.5 Å². The number of rotatable bonds is 7. The first-order valence-electron chi connectivity index (χ1n) is 7.39. The predicted octanol–water partition coefficient (Wildman–Crippen LogP) is 3.11. The number of nitrogens with two attached hydrogens (primary N) is 1. The normalized spacial score (nSPS) is 17.6. The number of halogens is 1. The molecule has 4 heteroatoms. The van der Waals surface area contributed by atoms with Crippen LogP contribution in [0.5, 0.6) is 0 Å². The number of carbonyl (C=O) groups is 1. The molecule has 0 aliphatic heterocycles. The van der Waals surface area contributed by atoms with Gasteiger partial charge in [0, 0.05) is 17.1 Å². The van der Waals surface area contributed by atoms with Gasteiger partial charge < -0.3 is 11.1 Å². The van der Waals surface area contributed by atoms with Crippen LogP contribution in [0.3, 0.4) is 0 Å². The van der Waals surface area contributed by atoms with E-state index in [-0.39, 0.29) is 17.4 Å². The van der Waals surface area contributed by atoms with Gasteiger partial charge in [-0.15, -0.1) is 0 Å². The first-order chi connectivity index (χ1) is 9.62. The van der Waals surface area contributed by atoms with E-state index in [0.29, 0.717) is 6.54 Å². The van der Waals surface area contributed by atoms with Crippen molar-refractivity contribution in [2.75, 3.05) is 6.54 Å². The van der Waals surface area contributed by atoms with Crippen molar-refractivity contribution in [3.8, 4) is 0 Å². The molecule has 1 atom stereocenters. The van der Waals surface area contributed by atoms with Crippen molar-refractivity contribution in [1.29, 1.82) is 0 Å². The first-order valence-corrected chi connectivity index (χ1v) is 8.19. The lowest BCUT2D eigenvalue weighted by Crippen LogP contribution is -2.45. The fraction of sp³-hybridized carbons (Fsp3) is 0.562. The maximum Gasteiger partial charge on any atom is 0.230 e. The molecule has 0 radical (unpaired) electrons. The summed E-state index contributed by atoms with van der Waals surface area (Å²) in [4.78, 5) is 12.6. The van der Waals surface area contributed by atoms with Crippen molar-refractivity contribution in [2.45, 2.75) is 50.5 Å². The second kappa shape index (κ2) is 6.72. The summed E-state index contributed by atoms with van der Waals surface area (Å²) in [6.45, 7) is 2.67. The minimum Gasteiger partial charge on any atom is -0.351 e. The number of hydrogen-bond acceptors (Lipinski definition) is 2. The molecule has 1 saturated carbocycles. The Hall–Kier alpha value is -0.870. The zero-order chi connectivity index (χ0) is 14.6. The van der Waals surface area contributed by atoms with Gasteiger partial charge in [-0.05, 0) is 37.0 Å². The van der Waals surface area contributed by atoms with Crippen LogP contribution in [0.25, 0.3) is 0 Å². The van der Waals surface area contributed by atoms with Gasteiger partial charge in [0.2, 0.25) is 5.91 Å². The highest BCUT2D eigenvalue weighted by atomic mass is 79.9. The lowest BCUT2D eigenvalue weighted by Gasteiger charge is -2.22. The van der Waals surface area contributed by atoms with Crippen molar-refractivity contribution in [2.24, 2.45) is 5.73 Å². The van der Waals surface area contributed by atoms with Crippen molar-refractivity contribution in [3.63, 3.8) is 0 Å². The number of nitrogens with one attached hydrogen (secondary N) is 1. The molecule has 110 valence electrons. The molecule has 1 fully saturated rings. The van der Waals surface area contributed by atoms with Crippen LogP contribution in [0.15, 0.2) is 28.7 Å². The quantitative estimate of drug-likeness (QED) is 0.802. The second-order valence-corrected chi connectivity index (χ2v) is 6.56. The largest absolute Gasteiger partial charge is 0.351 e. The van der Waals surface area contributed by atoms with Crippen LogP contribution in [0, 0.1) is 0 Å². The van der Waals surface area contributed by atoms with Crippen molar-refractivity contribution < 1.29 is 4.79 Å². The molecule has 1 aliphatic carbocycles. The molecule has 0 saturated heterocycles. The molecule has 0 bridgehead atoms. The minimum atomic E-state index is -0.316. The summed E-state index contributed by atoms with van der Waals surface area (Å²) in [6.07, 6.45) is 5.06. The summed E-state index contributed by atoms with van der Waals surface area (Å²) in [7, 11) is 0. The predicted molar refractivity (Wildman–Crippen MR) is 85.6 cm³/mol. The lowest BCUT2D eigenvalue weighted by molar-refractivity contribution is -0.124. The van der Waals surface area contributed by atoms with E-state index in [4.69, 9.17) is 5.73 Å². The molecule has 2 rings (SSSR count). The highest BCUT2D eigenvalue weighted by Crippen LogP contribution is 2.48. The molecule has 20 heavy (non-hydrogen) atoms. The Morgan fingerprint density at radius 3 is 2.80 bits per heavy atom. The molecule has 1 aromatic rings. The summed E-state index contributed by atoms with van der Waals surface area (Å²) >= 11 is 3.48. The van der Waals surface area contributed by atoms with E-state index in [0.717, 1.165) is 42.1 Å². The summed E-state index contributed by atoms with van der Waals surface area (Å²) in [6, 6.07) is 8.18. The van der Waals surface area contributed by atoms with Crippen LogP contribution in [0.1, 0.15) is 44.6 Å². The van der Waals surface area contributed by atoms with Crippen LogP contribution in [-0.2, 0) is 10.2 Å². The number of amides is 1. The SMILES string of the molecule is CCCCC(CN)NC(=O)C1(c2cccc(Br)c2)CC1. The topological polar surface area (TPSA) is 55.1 Å². The summed E-state index contributed by atoms with van der Waals surface area (Å²) in [5.41, 5.74) is 6.56. The number of carbonyl (C=O) groups excluding carboxylic acids is 1. The zero-order valence-corrected chi connectivity index (χ0v) is 13.6. The van der Waals surface area contributed by atoms with Gasteiger partial charge in [-0.3, -0.25) is 4.79 Å². The van der Waals surface area contributed by atoms with E-state index in [2.05, 4.69) is 34.2 Å². The van der Waals surface area contributed by atoms with Gasteiger partial charge in [-0.1, -0.05) is 47.8 Å². The van der Waals surface area contributed by atoms with E-state index in [1.165, 1.54) is 0 Å². The summed E-state index contributed by atoms with van der Waals surface area (Å²) < 4.78 is 1.02. The maximum atomic E-state index is 12.6. The van der Waals surface area contributed by atoms with Crippen LogP contribution >= 0.6 is 15.9 Å². The van der Waals surface area contributed by atoms with Gasteiger partial charge in [-0.2, -0.15) is 0 Å². The third-order valence-electron chi connectivity index (χ3n) is 4.09. The average Bonchev–Trinajstić information content (AvgIpc) is 3.25. The smallest absolute Gasteiger partial charge is 0.230 e. The second-order valence-electron chi connectivity index (χ2n) is 5.64. The molecular weight excluding hydrogens is 316 g/mol. The van der Waals surface area contributed by atoms with E-state index < -0.39 is 0 Å². The molecule has 1 aliphatic rings. The number of benzene rings is 1. The van der Waals surface area contributed by atoms with E-state index in [9.17, 15) is 4.79 Å². The molecule has 1 aromatic carbocycles. The van der Waals surface area contributed by atoms with Crippen LogP contribution in [0.4, 0.5) is 0 Å². The van der Waals surface area contributed by atoms with Crippen molar-refractivity contribution in [1.82, 2.24) is 5.32 Å². The highest BCUT2D eigenvalue weighted by molar-refractivity contribution is 9.10. The summed E-state index contributed by atoms with van der Waals surface area (Å²) in [5.74, 6) is 0.141. The Morgan fingerprint density at radius 2 is 2.25 bits per heavy atom. The van der Waals surface area contributed by atoms with Gasteiger partial charge >= 0.3 is 0 Å². The fourth-order valence-corrected chi connectivity index (χ4v) is 2.98. The fourth-order valence-electron chi connectivity index (χ4n) is 2.58. The van der Waals surface area contributed by atoms with E-state index >= 15 is 0 Å². The van der Waals surface area contributed by atoms with Gasteiger partial charge in [0.1, 0.15) is 0 Å². The molecule has 0 spiro atoms. The third-order valence-corrected chi connectivity index (χ3v) is 4.58. The van der Waals surface area contributed by atoms with Gasteiger partial charge in [-0.25, -0.2) is 0 Å². The molecule has 1 amide bonds. The Bertz CT molecular complexity index is 471. The van der Waals surface area contributed by atoms with Gasteiger partial charge in [0.15, 0.2) is 0 Å². The van der Waals surface area contributed by atoms with Crippen LogP contribution in [0.2, 0.25) is 0 Å². The number of hydrogen-bond donors (Lipinski definition) is 2. The third kappa shape index (κ3) is 3.41. The Morgan fingerprint density at radius 1 is 1.50 bits per heavy atom. The van der Waals surface area contributed by atoms with Gasteiger partial charge in [0.25, 0.3) is 0 Å². The Kier molecular flexibility index (Phi) is 5.22. The van der Waals surface area contributed by atoms with E-state index in [1.54, 1.807) is 0 Å². The molecule has 0 aromatic heterocycles. The standard InChI is InChI=1S/C16H23BrN2O/c1-2-3-7-14(11-18)19-15(20)16(8-9-16)12-5-4-6-13(17)10-12/h4-6,10,14H,2-3,7-9,11,18H2,1H3,(H,19,20). The van der Waals surface area contributed by atoms with Crippen LogP contribution < -0.4 is 11.1 Å². The highest BCUT2D eigenvalue weighted by Gasteiger charge is 2.51. The monoisotopic (exact) mass is 338 g/mol. The maximum absolute atomic E-state index is 12.6. The molecule has 3 nitrogen and oxygen atoms in total. The number of unbranched alkanes of at least 4 members (excludes halogenated alkanes) is 1. The molecular formula is C16H23BrN2O. The average molecular weight is 339 g/mol. The summed E-state index contributed by atoms with van der Waals surface area (Å²) in [5, 5.41) is 3.14. The Balaban J connectivity index is 2.04. The Labute approximate surface area is 129 Å². The first kappa shape index (κ1) is 15.5. The van der Waals surface area contributed by atoms with Crippen molar-refractivity contribution in [3.05, 3.63) is 34.3 Å². The van der Waals surface area contributed by atoms with Gasteiger partial charge in [0.05, 0.1) is 5.41 Å². The van der Waals surface area contributed by atoms with E-state index in [1.807, 2.05) is 18.2 Å². The zero-order valence-electron chi connectivity index (χ0n) is 12.0. The molecule has 1 unspecified atom stereocenters.